The van der Waals surface area contributed by atoms with Gasteiger partial charge in [0, 0.05) is 6.54 Å². The van der Waals surface area contributed by atoms with Gasteiger partial charge in [0.25, 0.3) is 0 Å². The summed E-state index contributed by atoms with van der Waals surface area (Å²) in [6, 6.07) is 0. The van der Waals surface area contributed by atoms with Gasteiger partial charge in [0.1, 0.15) is 0 Å². The van der Waals surface area contributed by atoms with Crippen LogP contribution >= 0.6 is 0 Å². The van der Waals surface area contributed by atoms with Gasteiger partial charge in [-0.3, -0.25) is 4.90 Å². The summed E-state index contributed by atoms with van der Waals surface area (Å²) in [7, 11) is 2.12. The Kier molecular flexibility index (Phi) is 2.43. The highest BCUT2D eigenvalue weighted by atomic mass is 15.2. The van der Waals surface area contributed by atoms with E-state index in [2.05, 4.69) is 24.9 Å². The molecule has 0 bridgehead atoms. The van der Waals surface area contributed by atoms with Gasteiger partial charge in [-0.05, 0) is 38.1 Å². The van der Waals surface area contributed by atoms with Crippen molar-refractivity contribution in [3.05, 3.63) is 11.6 Å². The Balaban J connectivity index is 1.94. The van der Waals surface area contributed by atoms with E-state index in [0.29, 0.717) is 0 Å². The summed E-state index contributed by atoms with van der Waals surface area (Å²) < 4.78 is 0. The van der Waals surface area contributed by atoms with Crippen LogP contribution in [-0.2, 0) is 0 Å². The summed E-state index contributed by atoms with van der Waals surface area (Å²) in [5.74, 6) is 1.83. The Morgan fingerprint density at radius 1 is 1.46 bits per heavy atom. The molecular weight excluding hydrogens is 160 g/mol. The van der Waals surface area contributed by atoms with E-state index in [4.69, 9.17) is 5.73 Å². The van der Waals surface area contributed by atoms with E-state index in [-0.39, 0.29) is 6.17 Å². The third kappa shape index (κ3) is 1.79. The highest BCUT2D eigenvalue weighted by Gasteiger charge is 2.30. The molecule has 0 aromatic carbocycles. The van der Waals surface area contributed by atoms with Crippen molar-refractivity contribution >= 4 is 0 Å². The van der Waals surface area contributed by atoms with Crippen molar-refractivity contribution in [2.24, 2.45) is 17.6 Å². The smallest absolute Gasteiger partial charge is 0.0607 e. The lowest BCUT2D eigenvalue weighted by atomic mass is 9.71. The van der Waals surface area contributed by atoms with E-state index in [1.165, 1.54) is 12.8 Å². The molecule has 1 aliphatic carbocycles. The standard InChI is InChI=1S/C11H20N2/c1-8-5-10(6-8)9-3-4-11(12)13(2)7-9/h3,8,10-11H,4-7,12H2,1-2H3. The van der Waals surface area contributed by atoms with Gasteiger partial charge in [-0.25, -0.2) is 0 Å². The van der Waals surface area contributed by atoms with Gasteiger partial charge in [0.15, 0.2) is 0 Å². The summed E-state index contributed by atoms with van der Waals surface area (Å²) in [4.78, 5) is 2.26. The SMILES string of the molecule is CC1CC(C2=CCC(N)N(C)C2)C1. The first kappa shape index (κ1) is 9.22. The largest absolute Gasteiger partial charge is 0.315 e. The fraction of sp³-hybridized carbons (Fsp3) is 0.818. The minimum absolute atomic E-state index is 0.251. The number of nitrogens with zero attached hydrogens (tertiary/aromatic N) is 1. The molecule has 0 aromatic rings. The van der Waals surface area contributed by atoms with E-state index in [1.54, 1.807) is 5.57 Å². The van der Waals surface area contributed by atoms with Crippen LogP contribution in [0.5, 0.6) is 0 Å². The van der Waals surface area contributed by atoms with Gasteiger partial charge in [-0.1, -0.05) is 18.6 Å². The molecule has 1 fully saturated rings. The average molecular weight is 180 g/mol. The first-order chi connectivity index (χ1) is 6.16. The number of nitrogens with two attached hydrogens (primary N) is 1. The Morgan fingerprint density at radius 3 is 2.69 bits per heavy atom. The van der Waals surface area contributed by atoms with Crippen molar-refractivity contribution in [3.8, 4) is 0 Å². The lowest BCUT2D eigenvalue weighted by Crippen LogP contribution is -2.44. The molecule has 0 aromatic heterocycles. The minimum atomic E-state index is 0.251. The van der Waals surface area contributed by atoms with Crippen LogP contribution in [0.4, 0.5) is 0 Å². The molecular formula is C11H20N2. The molecule has 1 atom stereocenters. The Hall–Kier alpha value is -0.340. The van der Waals surface area contributed by atoms with E-state index in [1.807, 2.05) is 0 Å². The van der Waals surface area contributed by atoms with Crippen molar-refractivity contribution in [1.82, 2.24) is 4.90 Å². The fourth-order valence-corrected chi connectivity index (χ4v) is 2.42. The van der Waals surface area contributed by atoms with Crippen LogP contribution in [0.2, 0.25) is 0 Å². The Morgan fingerprint density at radius 2 is 2.15 bits per heavy atom. The molecule has 2 rings (SSSR count). The Bertz CT molecular complexity index is 216. The van der Waals surface area contributed by atoms with Crippen molar-refractivity contribution in [2.75, 3.05) is 13.6 Å². The zero-order valence-corrected chi connectivity index (χ0v) is 8.66. The normalized spacial score (nSPS) is 41.2. The average Bonchev–Trinajstić information content (AvgIpc) is 2.05. The van der Waals surface area contributed by atoms with Gasteiger partial charge in [0.05, 0.1) is 6.17 Å². The molecule has 1 unspecified atom stereocenters. The molecule has 2 aliphatic rings. The van der Waals surface area contributed by atoms with Crippen LogP contribution in [0.3, 0.4) is 0 Å². The van der Waals surface area contributed by atoms with Gasteiger partial charge in [-0.15, -0.1) is 0 Å². The highest BCUT2D eigenvalue weighted by Crippen LogP contribution is 2.39. The monoisotopic (exact) mass is 180 g/mol. The lowest BCUT2D eigenvalue weighted by molar-refractivity contribution is 0.198. The molecule has 2 heteroatoms. The summed E-state index contributed by atoms with van der Waals surface area (Å²) in [5.41, 5.74) is 7.55. The topological polar surface area (TPSA) is 29.3 Å². The third-order valence-electron chi connectivity index (χ3n) is 3.52. The quantitative estimate of drug-likeness (QED) is 0.621. The lowest BCUT2D eigenvalue weighted by Gasteiger charge is -2.39. The second-order valence-corrected chi connectivity index (χ2v) is 4.77. The second-order valence-electron chi connectivity index (χ2n) is 4.77. The van der Waals surface area contributed by atoms with E-state index in [0.717, 1.165) is 24.8 Å². The van der Waals surface area contributed by atoms with Crippen LogP contribution in [0.25, 0.3) is 0 Å². The second kappa shape index (κ2) is 3.43. The maximum atomic E-state index is 5.91. The van der Waals surface area contributed by atoms with Crippen molar-refractivity contribution in [2.45, 2.75) is 32.4 Å². The summed E-state index contributed by atoms with van der Waals surface area (Å²) in [6.45, 7) is 3.44. The summed E-state index contributed by atoms with van der Waals surface area (Å²) in [5, 5.41) is 0. The molecule has 0 spiro atoms. The highest BCUT2D eigenvalue weighted by molar-refractivity contribution is 5.15. The van der Waals surface area contributed by atoms with Crippen LogP contribution in [0.1, 0.15) is 26.2 Å². The molecule has 1 saturated carbocycles. The maximum Gasteiger partial charge on any atom is 0.0607 e. The maximum absolute atomic E-state index is 5.91. The number of hydrogen-bond acceptors (Lipinski definition) is 2. The van der Waals surface area contributed by atoms with Crippen molar-refractivity contribution in [1.29, 1.82) is 0 Å². The fourth-order valence-electron chi connectivity index (χ4n) is 2.42. The van der Waals surface area contributed by atoms with E-state index in [9.17, 15) is 0 Å². The van der Waals surface area contributed by atoms with Gasteiger partial charge in [0.2, 0.25) is 0 Å². The zero-order valence-electron chi connectivity index (χ0n) is 8.66. The molecule has 13 heavy (non-hydrogen) atoms. The third-order valence-corrected chi connectivity index (χ3v) is 3.52. The van der Waals surface area contributed by atoms with Gasteiger partial charge < -0.3 is 5.73 Å². The van der Waals surface area contributed by atoms with Crippen LogP contribution in [-0.4, -0.2) is 24.7 Å². The van der Waals surface area contributed by atoms with Crippen molar-refractivity contribution in [3.63, 3.8) is 0 Å². The Labute approximate surface area is 80.8 Å². The van der Waals surface area contributed by atoms with Gasteiger partial charge >= 0.3 is 0 Å². The molecule has 1 aliphatic heterocycles. The number of likely N-dealkylation sites (N-methyl/N-ethyl adjacent to an activating group) is 1. The summed E-state index contributed by atoms with van der Waals surface area (Å²) >= 11 is 0. The van der Waals surface area contributed by atoms with E-state index < -0.39 is 0 Å². The number of hydrogen-bond donors (Lipinski definition) is 1. The van der Waals surface area contributed by atoms with E-state index >= 15 is 0 Å². The first-order valence-corrected chi connectivity index (χ1v) is 5.31. The molecule has 1 heterocycles. The van der Waals surface area contributed by atoms with Gasteiger partial charge in [-0.2, -0.15) is 0 Å². The molecule has 2 nitrogen and oxygen atoms in total. The van der Waals surface area contributed by atoms with Crippen LogP contribution in [0, 0.1) is 11.8 Å². The van der Waals surface area contributed by atoms with Crippen LogP contribution in [0.15, 0.2) is 11.6 Å². The molecule has 0 amide bonds. The number of rotatable bonds is 1. The summed E-state index contributed by atoms with van der Waals surface area (Å²) in [6.07, 6.45) is 6.46. The van der Waals surface area contributed by atoms with Crippen LogP contribution < -0.4 is 5.73 Å². The zero-order chi connectivity index (χ0) is 9.42. The van der Waals surface area contributed by atoms with Crippen molar-refractivity contribution < 1.29 is 0 Å². The molecule has 0 saturated heterocycles. The first-order valence-electron chi connectivity index (χ1n) is 5.31. The molecule has 2 N–H and O–H groups in total. The minimum Gasteiger partial charge on any atom is -0.315 e. The molecule has 0 radical (unpaired) electrons. The predicted molar refractivity (Wildman–Crippen MR) is 55.2 cm³/mol. The molecule has 74 valence electrons. The predicted octanol–water partition coefficient (Wildman–Crippen LogP) is 1.58.